The van der Waals surface area contributed by atoms with E-state index >= 15 is 0 Å². The van der Waals surface area contributed by atoms with Gasteiger partial charge in [0.1, 0.15) is 17.8 Å². The number of nitrogens with zero attached hydrogens (tertiary/aromatic N) is 7. The molecule has 0 spiro atoms. The number of tetrazole rings is 1. The molecule has 1 amide bonds. The van der Waals surface area contributed by atoms with E-state index < -0.39 is 18.1 Å². The number of nitrogens with one attached hydrogen (secondary N) is 1. The number of aromatic nitrogens is 7. The van der Waals surface area contributed by atoms with Gasteiger partial charge in [-0.2, -0.15) is 9.07 Å². The molecule has 1 aliphatic heterocycles. The van der Waals surface area contributed by atoms with Gasteiger partial charge in [-0.15, -0.1) is 5.10 Å². The van der Waals surface area contributed by atoms with Crippen LogP contribution in [0.2, 0.25) is 5.02 Å². The summed E-state index contributed by atoms with van der Waals surface area (Å²) in [4.78, 5) is 32.8. The van der Waals surface area contributed by atoms with E-state index in [4.69, 9.17) is 16.7 Å². The number of H-pyrrole nitrogens is 1. The number of carbonyl (C=O) groups is 1. The molecule has 0 radical (unpaired) electrons. The van der Waals surface area contributed by atoms with Crippen molar-refractivity contribution in [3.8, 4) is 28.1 Å². The number of hydrogen-bond donors (Lipinski definition) is 2. The lowest BCUT2D eigenvalue weighted by Crippen LogP contribution is -2.24. The van der Waals surface area contributed by atoms with Crippen molar-refractivity contribution in [3.63, 3.8) is 0 Å². The Kier molecular flexibility index (Phi) is 5.95. The van der Waals surface area contributed by atoms with Crippen LogP contribution < -0.4 is 10.5 Å². The number of carboxylic acid groups (broad SMARTS) is 1. The van der Waals surface area contributed by atoms with Gasteiger partial charge in [-0.05, 0) is 65.2 Å². The molecule has 11 nitrogen and oxygen atoms in total. The van der Waals surface area contributed by atoms with E-state index in [1.807, 2.05) is 6.07 Å². The Morgan fingerprint density at radius 2 is 1.95 bits per heavy atom. The van der Waals surface area contributed by atoms with Crippen molar-refractivity contribution in [3.05, 3.63) is 93.8 Å². The van der Waals surface area contributed by atoms with E-state index in [2.05, 4.69) is 25.5 Å². The van der Waals surface area contributed by atoms with Crippen molar-refractivity contribution in [1.29, 1.82) is 0 Å². The normalized spacial score (nSPS) is 14.4. The molecule has 0 bridgehead atoms. The second-order valence-corrected chi connectivity index (χ2v) is 9.53. The number of benzene rings is 2. The maximum atomic E-state index is 15.0. The average molecular weight is 547 g/mol. The Labute approximate surface area is 225 Å². The fourth-order valence-corrected chi connectivity index (χ4v) is 5.07. The van der Waals surface area contributed by atoms with Crippen molar-refractivity contribution in [1.82, 2.24) is 34.7 Å². The summed E-state index contributed by atoms with van der Waals surface area (Å²) in [6, 6.07) is 14.6. The summed E-state index contributed by atoms with van der Waals surface area (Å²) in [7, 11) is 1.42. The number of aryl methyl sites for hydroxylation is 1. The lowest BCUT2D eigenvalue weighted by molar-refractivity contribution is 0.203. The van der Waals surface area contributed by atoms with Crippen LogP contribution in [0.15, 0.2) is 65.7 Å². The van der Waals surface area contributed by atoms with E-state index in [0.29, 0.717) is 51.8 Å². The van der Waals surface area contributed by atoms with Gasteiger partial charge in [0.15, 0.2) is 0 Å². The smallest absolute Gasteiger partial charge is 0.411 e. The van der Waals surface area contributed by atoms with Crippen LogP contribution in [0.1, 0.15) is 24.0 Å². The first-order valence-corrected chi connectivity index (χ1v) is 12.3. The largest absolute Gasteiger partial charge is 0.465 e. The van der Waals surface area contributed by atoms with E-state index in [-0.39, 0.29) is 11.3 Å². The third kappa shape index (κ3) is 4.34. The van der Waals surface area contributed by atoms with Crippen LogP contribution in [0.25, 0.3) is 28.1 Å². The average Bonchev–Trinajstić information content (AvgIpc) is 3.68. The van der Waals surface area contributed by atoms with Crippen LogP contribution >= 0.6 is 11.6 Å². The van der Waals surface area contributed by atoms with Gasteiger partial charge in [0.2, 0.25) is 5.95 Å². The molecule has 0 aliphatic carbocycles. The van der Waals surface area contributed by atoms with Crippen molar-refractivity contribution in [2.75, 3.05) is 11.9 Å². The second-order valence-electron chi connectivity index (χ2n) is 9.09. The number of pyridine rings is 1. The first-order chi connectivity index (χ1) is 18.8. The highest BCUT2D eigenvalue weighted by Gasteiger charge is 2.29. The lowest BCUT2D eigenvalue weighted by atomic mass is 10.0. The molecule has 0 unspecified atom stereocenters. The number of halogens is 2. The van der Waals surface area contributed by atoms with Crippen LogP contribution in [-0.2, 0) is 6.42 Å². The molecular weight excluding hydrogens is 527 g/mol. The van der Waals surface area contributed by atoms with Crippen LogP contribution in [0.3, 0.4) is 0 Å². The fraction of sp³-hybridized carbons (Fsp3) is 0.154. The molecule has 4 heterocycles. The highest BCUT2D eigenvalue weighted by Crippen LogP contribution is 2.35. The first-order valence-electron chi connectivity index (χ1n) is 11.9. The molecule has 2 N–H and O–H groups in total. The molecule has 13 heteroatoms. The summed E-state index contributed by atoms with van der Waals surface area (Å²) in [5, 5.41) is 21.0. The van der Waals surface area contributed by atoms with Gasteiger partial charge in [0.25, 0.3) is 5.56 Å². The van der Waals surface area contributed by atoms with Crippen LogP contribution in [-0.4, -0.2) is 53.0 Å². The highest BCUT2D eigenvalue weighted by atomic mass is 35.5. The number of aromatic amines is 1. The van der Waals surface area contributed by atoms with Crippen LogP contribution in [0.5, 0.6) is 0 Å². The third-order valence-electron chi connectivity index (χ3n) is 6.82. The molecule has 39 heavy (non-hydrogen) atoms. The Balaban J connectivity index is 1.35. The minimum absolute atomic E-state index is 0.164. The number of hydrogen-bond acceptors (Lipinski definition) is 6. The predicted molar refractivity (Wildman–Crippen MR) is 141 cm³/mol. The summed E-state index contributed by atoms with van der Waals surface area (Å²) in [5.41, 5.74) is 3.67. The molecule has 196 valence electrons. The topological polar surface area (TPSA) is 135 Å². The summed E-state index contributed by atoms with van der Waals surface area (Å²) in [6.45, 7) is 0. The standard InChI is InChI=1S/C26H20ClFN8O3/c1-34(26(38)39)17-5-2-14(3-6-17)23-24(28)31-25(30-23)21-9-7-18-10-15(11-22(37)36(18)21)19-12-16(27)4-8-20(19)35-13-29-32-33-35/h2-6,8,10-13,21H,7,9H2,1H3,(H,30,31)(H,38,39)/t21-/m0/s1. The van der Waals surface area contributed by atoms with Crippen molar-refractivity contribution < 1.29 is 14.3 Å². The molecule has 1 aliphatic rings. The van der Waals surface area contributed by atoms with Crippen LogP contribution in [0, 0.1) is 5.95 Å². The number of fused-ring (bicyclic) bond motifs is 1. The Hall–Kier alpha value is -4.84. The van der Waals surface area contributed by atoms with Gasteiger partial charge < -0.3 is 14.7 Å². The molecule has 2 aromatic carbocycles. The third-order valence-corrected chi connectivity index (χ3v) is 7.06. The monoisotopic (exact) mass is 546 g/mol. The van der Waals surface area contributed by atoms with E-state index in [1.54, 1.807) is 47.0 Å². The molecule has 6 rings (SSSR count). The zero-order valence-electron chi connectivity index (χ0n) is 20.4. The number of anilines is 1. The van der Waals surface area contributed by atoms with Crippen molar-refractivity contribution in [2.24, 2.45) is 0 Å². The Morgan fingerprint density at radius 1 is 1.15 bits per heavy atom. The van der Waals surface area contributed by atoms with Crippen molar-refractivity contribution in [2.45, 2.75) is 18.9 Å². The van der Waals surface area contributed by atoms with Gasteiger partial charge in [-0.1, -0.05) is 23.7 Å². The van der Waals surface area contributed by atoms with E-state index in [1.165, 1.54) is 24.1 Å². The molecule has 1 atom stereocenters. The predicted octanol–water partition coefficient (Wildman–Crippen LogP) is 4.32. The first kappa shape index (κ1) is 24.5. The molecule has 5 aromatic rings. The quantitative estimate of drug-likeness (QED) is 0.335. The molecule has 0 saturated heterocycles. The minimum atomic E-state index is -1.10. The second kappa shape index (κ2) is 9.48. The minimum Gasteiger partial charge on any atom is -0.465 e. The molecule has 0 fully saturated rings. The van der Waals surface area contributed by atoms with Gasteiger partial charge in [-0.25, -0.2) is 9.78 Å². The zero-order valence-corrected chi connectivity index (χ0v) is 21.2. The summed E-state index contributed by atoms with van der Waals surface area (Å²) >= 11 is 6.27. The van der Waals surface area contributed by atoms with Gasteiger partial charge in [0.05, 0.1) is 11.7 Å². The Morgan fingerprint density at radius 3 is 2.67 bits per heavy atom. The summed E-state index contributed by atoms with van der Waals surface area (Å²) in [5.74, 6) is -0.368. The highest BCUT2D eigenvalue weighted by molar-refractivity contribution is 6.31. The lowest BCUT2D eigenvalue weighted by Gasteiger charge is -2.15. The Bertz CT molecular complexity index is 1770. The zero-order chi connectivity index (χ0) is 27.3. The maximum absolute atomic E-state index is 15.0. The van der Waals surface area contributed by atoms with Crippen molar-refractivity contribution >= 4 is 23.4 Å². The van der Waals surface area contributed by atoms with E-state index in [0.717, 1.165) is 10.6 Å². The number of rotatable bonds is 5. The summed E-state index contributed by atoms with van der Waals surface area (Å²) in [6.07, 6.45) is 1.50. The number of imidazole rings is 1. The van der Waals surface area contributed by atoms with Crippen LogP contribution in [0.4, 0.5) is 14.9 Å². The fourth-order valence-electron chi connectivity index (χ4n) is 4.90. The molecular formula is C26H20ClFN8O3. The van der Waals surface area contributed by atoms with Gasteiger partial charge in [-0.3, -0.25) is 9.69 Å². The molecule has 0 saturated carbocycles. The van der Waals surface area contributed by atoms with Gasteiger partial charge in [0, 0.05) is 40.6 Å². The van der Waals surface area contributed by atoms with E-state index in [9.17, 15) is 14.0 Å². The maximum Gasteiger partial charge on any atom is 0.411 e. The SMILES string of the molecule is CN(C(=O)O)c1ccc(-c2[nH]c([C@@H]3CCc4cc(-c5cc(Cl)ccc5-n5cnnn5)cc(=O)n43)nc2F)cc1. The molecule has 3 aromatic heterocycles. The number of amides is 1. The van der Waals surface area contributed by atoms with Gasteiger partial charge >= 0.3 is 6.09 Å². The summed E-state index contributed by atoms with van der Waals surface area (Å²) < 4.78 is 18.1.